The van der Waals surface area contributed by atoms with E-state index in [0.717, 1.165) is 57.8 Å². The van der Waals surface area contributed by atoms with Gasteiger partial charge in [-0.15, -0.1) is 0 Å². The number of esters is 3. The van der Waals surface area contributed by atoms with Crippen LogP contribution in [0.1, 0.15) is 432 Å². The second-order valence-corrected chi connectivity index (χ2v) is 25.2. The highest BCUT2D eigenvalue weighted by Gasteiger charge is 2.20. The first-order valence-corrected chi connectivity index (χ1v) is 36.5. The first-order valence-electron chi connectivity index (χ1n) is 36.5. The molecule has 0 aliphatic heterocycles. The summed E-state index contributed by atoms with van der Waals surface area (Å²) in [4.78, 5) is 38.2. The van der Waals surface area contributed by atoms with Crippen LogP contribution in [-0.4, -0.2) is 37.2 Å². The lowest BCUT2D eigenvalue weighted by Gasteiger charge is -2.18. The number of ether oxygens (including phenoxy) is 3. The molecule has 0 aliphatic rings. The van der Waals surface area contributed by atoms with Gasteiger partial charge in [-0.1, -0.05) is 393 Å². The quantitative estimate of drug-likeness (QED) is 0.0343. The van der Waals surface area contributed by atoms with E-state index in [1.165, 1.54) is 334 Å². The third-order valence-electron chi connectivity index (χ3n) is 17.1. The Morgan fingerprint density at radius 1 is 0.203 bits per heavy atom. The average Bonchev–Trinajstić information content (AvgIpc) is 3.45. The van der Waals surface area contributed by atoms with Crippen LogP contribution in [0.15, 0.2) is 0 Å². The molecule has 0 aromatic rings. The molecule has 0 heterocycles. The van der Waals surface area contributed by atoms with Gasteiger partial charge in [-0.3, -0.25) is 14.4 Å². The molecule has 0 amide bonds. The number of carbonyl (C=O) groups excluding carboxylic acids is 3. The van der Waals surface area contributed by atoms with Crippen molar-refractivity contribution < 1.29 is 28.6 Å². The zero-order valence-corrected chi connectivity index (χ0v) is 54.2. The van der Waals surface area contributed by atoms with Crippen molar-refractivity contribution >= 4 is 17.9 Å². The zero-order valence-electron chi connectivity index (χ0n) is 54.2. The number of hydrogen-bond acceptors (Lipinski definition) is 6. The minimum absolute atomic E-state index is 0.0612. The van der Waals surface area contributed by atoms with Crippen LogP contribution >= 0.6 is 0 Å². The molecule has 0 aromatic carbocycles. The normalized spacial score (nSPS) is 11.9. The van der Waals surface area contributed by atoms with E-state index in [4.69, 9.17) is 14.2 Å². The van der Waals surface area contributed by atoms with Gasteiger partial charge in [0, 0.05) is 19.3 Å². The summed E-state index contributed by atoms with van der Waals surface area (Å²) in [5.74, 6) is -0.831. The summed E-state index contributed by atoms with van der Waals surface area (Å²) >= 11 is 0. The highest BCUT2D eigenvalue weighted by Crippen LogP contribution is 2.20. The highest BCUT2D eigenvalue weighted by atomic mass is 16.6. The number of hydrogen-bond donors (Lipinski definition) is 0. The van der Waals surface area contributed by atoms with E-state index >= 15 is 0 Å². The van der Waals surface area contributed by atoms with E-state index in [1.807, 2.05) is 0 Å². The summed E-state index contributed by atoms with van der Waals surface area (Å²) in [5.41, 5.74) is 0. The van der Waals surface area contributed by atoms with Gasteiger partial charge in [0.2, 0.25) is 0 Å². The van der Waals surface area contributed by atoms with E-state index in [2.05, 4.69) is 20.8 Å². The molecule has 0 fully saturated rings. The minimum Gasteiger partial charge on any atom is -0.462 e. The second kappa shape index (κ2) is 68.9. The van der Waals surface area contributed by atoms with Gasteiger partial charge in [-0.2, -0.15) is 0 Å². The van der Waals surface area contributed by atoms with Crippen molar-refractivity contribution in [2.45, 2.75) is 438 Å². The summed E-state index contributed by atoms with van der Waals surface area (Å²) in [5, 5.41) is 0. The van der Waals surface area contributed by atoms with E-state index in [-0.39, 0.29) is 31.1 Å². The van der Waals surface area contributed by atoms with Gasteiger partial charge in [0.15, 0.2) is 6.10 Å². The molecular weight excluding hydrogens is 973 g/mol. The van der Waals surface area contributed by atoms with Crippen LogP contribution < -0.4 is 0 Å². The van der Waals surface area contributed by atoms with Crippen molar-refractivity contribution in [3.8, 4) is 0 Å². The van der Waals surface area contributed by atoms with Gasteiger partial charge >= 0.3 is 17.9 Å². The Morgan fingerprint density at radius 3 is 0.506 bits per heavy atom. The fraction of sp³-hybridized carbons (Fsp3) is 0.959. The SMILES string of the molecule is CCCCCCCCCCCCCCCCCCCCCCCCCCCCCCC(=O)OCC(COC(=O)CCCCCCCCC)OC(=O)CCCCCCCCCCCCCCCCCCCCCCCCCCCC. The predicted molar refractivity (Wildman–Crippen MR) is 344 cm³/mol. The molecule has 6 heteroatoms. The van der Waals surface area contributed by atoms with Crippen molar-refractivity contribution in [2.75, 3.05) is 13.2 Å². The van der Waals surface area contributed by atoms with Crippen molar-refractivity contribution in [3.05, 3.63) is 0 Å². The fourth-order valence-electron chi connectivity index (χ4n) is 11.6. The molecule has 79 heavy (non-hydrogen) atoms. The van der Waals surface area contributed by atoms with Crippen molar-refractivity contribution in [2.24, 2.45) is 0 Å². The molecule has 0 spiro atoms. The van der Waals surface area contributed by atoms with E-state index in [1.54, 1.807) is 0 Å². The molecule has 0 aromatic heterocycles. The predicted octanol–water partition coefficient (Wildman–Crippen LogP) is 25.0. The molecule has 1 unspecified atom stereocenters. The van der Waals surface area contributed by atoms with Gasteiger partial charge < -0.3 is 14.2 Å². The van der Waals surface area contributed by atoms with E-state index in [9.17, 15) is 14.4 Å². The minimum atomic E-state index is -0.762. The monoisotopic (exact) mass is 1120 g/mol. The Labute approximate surface area is 495 Å². The highest BCUT2D eigenvalue weighted by molar-refractivity contribution is 5.71. The molecular formula is C73H142O6. The summed E-state index contributed by atoms with van der Waals surface area (Å²) in [6, 6.07) is 0. The molecule has 0 aliphatic carbocycles. The lowest BCUT2D eigenvalue weighted by atomic mass is 10.0. The summed E-state index contributed by atoms with van der Waals surface area (Å²) in [6.07, 6.45) is 81.9. The zero-order chi connectivity index (χ0) is 57.1. The van der Waals surface area contributed by atoms with Crippen molar-refractivity contribution in [3.63, 3.8) is 0 Å². The van der Waals surface area contributed by atoms with Crippen molar-refractivity contribution in [1.82, 2.24) is 0 Å². The van der Waals surface area contributed by atoms with Crippen LogP contribution in [0.25, 0.3) is 0 Å². The van der Waals surface area contributed by atoms with Gasteiger partial charge in [-0.05, 0) is 19.3 Å². The smallest absolute Gasteiger partial charge is 0.306 e. The maximum atomic E-state index is 12.9. The van der Waals surface area contributed by atoms with E-state index in [0.29, 0.717) is 19.3 Å². The van der Waals surface area contributed by atoms with Gasteiger partial charge in [0.25, 0.3) is 0 Å². The largest absolute Gasteiger partial charge is 0.462 e. The Kier molecular flexibility index (Phi) is 67.5. The molecule has 0 saturated carbocycles. The lowest BCUT2D eigenvalue weighted by Crippen LogP contribution is -2.30. The third kappa shape index (κ3) is 67.1. The van der Waals surface area contributed by atoms with Crippen LogP contribution in [0.2, 0.25) is 0 Å². The lowest BCUT2D eigenvalue weighted by molar-refractivity contribution is -0.167. The van der Waals surface area contributed by atoms with Gasteiger partial charge in [0.05, 0.1) is 0 Å². The number of rotatable bonds is 69. The van der Waals surface area contributed by atoms with Crippen LogP contribution in [0, 0.1) is 0 Å². The van der Waals surface area contributed by atoms with E-state index < -0.39 is 6.10 Å². The topological polar surface area (TPSA) is 78.9 Å². The molecule has 0 bridgehead atoms. The van der Waals surface area contributed by atoms with Crippen LogP contribution in [0.4, 0.5) is 0 Å². The number of unbranched alkanes of at least 4 members (excludes halogenated alkanes) is 58. The fourth-order valence-corrected chi connectivity index (χ4v) is 11.6. The molecule has 0 saturated heterocycles. The molecule has 1 atom stereocenters. The molecule has 0 rings (SSSR count). The summed E-state index contributed by atoms with van der Waals surface area (Å²) in [6.45, 7) is 6.70. The molecule has 0 N–H and O–H groups in total. The third-order valence-corrected chi connectivity index (χ3v) is 17.1. The first-order chi connectivity index (χ1) is 39.0. The summed E-state index contributed by atoms with van der Waals surface area (Å²) in [7, 11) is 0. The molecule has 0 radical (unpaired) electrons. The molecule has 470 valence electrons. The standard InChI is InChI=1S/C73H142O6/c1-4-7-10-13-16-18-20-22-24-26-28-30-32-34-36-37-39-40-42-44-46-48-50-52-54-57-60-63-66-72(75)78-69-70(68-77-71(74)65-62-59-56-15-12-9-6-3)79-73(76)67-64-61-58-55-53-51-49-47-45-43-41-38-35-33-31-29-27-25-23-21-19-17-14-11-8-5-2/h70H,4-69H2,1-3H3. The van der Waals surface area contributed by atoms with Crippen LogP contribution in [-0.2, 0) is 28.6 Å². The maximum Gasteiger partial charge on any atom is 0.306 e. The van der Waals surface area contributed by atoms with Crippen LogP contribution in [0.3, 0.4) is 0 Å². The van der Waals surface area contributed by atoms with Gasteiger partial charge in [0.1, 0.15) is 13.2 Å². The first kappa shape index (κ1) is 77.4. The second-order valence-electron chi connectivity index (χ2n) is 25.2. The van der Waals surface area contributed by atoms with Crippen LogP contribution in [0.5, 0.6) is 0 Å². The molecule has 6 nitrogen and oxygen atoms in total. The van der Waals surface area contributed by atoms with Gasteiger partial charge in [-0.25, -0.2) is 0 Å². The Hall–Kier alpha value is -1.59. The maximum absolute atomic E-state index is 12.9. The Morgan fingerprint density at radius 2 is 0.342 bits per heavy atom. The number of carbonyl (C=O) groups is 3. The van der Waals surface area contributed by atoms with Crippen molar-refractivity contribution in [1.29, 1.82) is 0 Å². The summed E-state index contributed by atoms with van der Waals surface area (Å²) < 4.78 is 16.9. The average molecular weight is 1120 g/mol. The Bertz CT molecular complexity index is 1190. The Balaban J connectivity index is 3.97.